The van der Waals surface area contributed by atoms with Crippen molar-refractivity contribution in [2.75, 3.05) is 13.2 Å². The monoisotopic (exact) mass is 387 g/mol. The number of hydrogen-bond donors (Lipinski definition) is 1. The Bertz CT molecular complexity index is 596. The lowest BCUT2D eigenvalue weighted by Gasteiger charge is -2.19. The Morgan fingerprint density at radius 1 is 1.45 bits per heavy atom. The van der Waals surface area contributed by atoms with Gasteiger partial charge in [-0.15, -0.1) is 0 Å². The van der Waals surface area contributed by atoms with Crippen LogP contribution in [0, 0.1) is 10.5 Å². The third kappa shape index (κ3) is 3.18. The lowest BCUT2D eigenvalue weighted by Crippen LogP contribution is -2.39. The second-order valence-corrected chi connectivity index (χ2v) is 5.99. The predicted molar refractivity (Wildman–Crippen MR) is 85.2 cm³/mol. The minimum atomic E-state index is -0.757. The van der Waals surface area contributed by atoms with E-state index in [4.69, 9.17) is 15.0 Å². The highest BCUT2D eigenvalue weighted by Gasteiger charge is 2.28. The third-order valence-corrected chi connectivity index (χ3v) is 4.40. The average molecular weight is 387 g/mol. The molecule has 0 saturated heterocycles. The highest BCUT2D eigenvalue weighted by Crippen LogP contribution is 2.27. The number of ether oxygens (including phenoxy) is 1. The number of hydrogen-bond acceptors (Lipinski definition) is 5. The van der Waals surface area contributed by atoms with Crippen molar-refractivity contribution in [1.82, 2.24) is 10.1 Å². The van der Waals surface area contributed by atoms with Crippen LogP contribution in [0.2, 0.25) is 0 Å². The summed E-state index contributed by atoms with van der Waals surface area (Å²) in [6.07, 6.45) is 0. The zero-order chi connectivity index (χ0) is 14.8. The summed E-state index contributed by atoms with van der Waals surface area (Å²) in [7, 11) is 0. The summed E-state index contributed by atoms with van der Waals surface area (Å²) in [5, 5.41) is 3.99. The molecule has 1 aromatic carbocycles. The Morgan fingerprint density at radius 3 is 2.90 bits per heavy atom. The quantitative estimate of drug-likeness (QED) is 0.799. The van der Waals surface area contributed by atoms with Gasteiger partial charge in [0.25, 0.3) is 5.89 Å². The molecule has 0 saturated carbocycles. The summed E-state index contributed by atoms with van der Waals surface area (Å²) in [5.41, 5.74) is 7.52. The topological polar surface area (TPSA) is 74.2 Å². The Balaban J connectivity index is 2.31. The Kier molecular flexibility index (Phi) is 4.77. The van der Waals surface area contributed by atoms with Gasteiger partial charge in [-0.1, -0.05) is 17.3 Å². The summed E-state index contributed by atoms with van der Waals surface area (Å²) in [5.74, 6) is 0.944. The van der Waals surface area contributed by atoms with Gasteiger partial charge in [0.05, 0.1) is 12.2 Å². The maximum absolute atomic E-state index is 6.17. The molecule has 5 nitrogen and oxygen atoms in total. The van der Waals surface area contributed by atoms with E-state index in [1.807, 2.05) is 39.0 Å². The number of rotatable bonds is 5. The van der Waals surface area contributed by atoms with Crippen LogP contribution in [0.1, 0.15) is 25.2 Å². The highest BCUT2D eigenvalue weighted by molar-refractivity contribution is 14.1. The van der Waals surface area contributed by atoms with Gasteiger partial charge in [0.15, 0.2) is 5.82 Å². The molecule has 0 spiro atoms. The SMILES string of the molecule is CCOCC(C)(N)c1noc(-c2cccc(C)c2I)n1. The fourth-order valence-corrected chi connectivity index (χ4v) is 2.35. The molecule has 20 heavy (non-hydrogen) atoms. The largest absolute Gasteiger partial charge is 0.379 e. The molecule has 1 unspecified atom stereocenters. The average Bonchev–Trinajstić information content (AvgIpc) is 2.90. The van der Waals surface area contributed by atoms with E-state index in [0.29, 0.717) is 24.9 Å². The van der Waals surface area contributed by atoms with Crippen molar-refractivity contribution in [3.05, 3.63) is 33.2 Å². The third-order valence-electron chi connectivity index (χ3n) is 2.97. The number of benzene rings is 1. The minimum Gasteiger partial charge on any atom is -0.379 e. The smallest absolute Gasteiger partial charge is 0.259 e. The molecule has 0 amide bonds. The number of halogens is 1. The maximum atomic E-state index is 6.17. The van der Waals surface area contributed by atoms with E-state index in [0.717, 1.165) is 9.13 Å². The molecule has 0 aliphatic carbocycles. The standard InChI is InChI=1S/C14H18IN3O2/c1-4-19-8-14(3,16)13-17-12(20-18-13)10-7-5-6-9(2)11(10)15/h5-7H,4,8,16H2,1-3H3. The lowest BCUT2D eigenvalue weighted by atomic mass is 10.1. The van der Waals surface area contributed by atoms with Crippen molar-refractivity contribution in [3.63, 3.8) is 0 Å². The predicted octanol–water partition coefficient (Wildman–Crippen LogP) is 2.86. The molecule has 1 atom stereocenters. The van der Waals surface area contributed by atoms with Crippen LogP contribution in [-0.2, 0) is 10.3 Å². The van der Waals surface area contributed by atoms with Crippen molar-refractivity contribution in [2.45, 2.75) is 26.3 Å². The first-order valence-corrected chi connectivity index (χ1v) is 7.50. The van der Waals surface area contributed by atoms with Crippen molar-refractivity contribution >= 4 is 22.6 Å². The van der Waals surface area contributed by atoms with Crippen LogP contribution in [0.3, 0.4) is 0 Å². The van der Waals surface area contributed by atoms with Gasteiger partial charge >= 0.3 is 0 Å². The van der Waals surface area contributed by atoms with E-state index in [1.165, 1.54) is 5.56 Å². The molecular weight excluding hydrogens is 369 g/mol. The molecule has 6 heteroatoms. The first-order valence-electron chi connectivity index (χ1n) is 6.42. The van der Waals surface area contributed by atoms with Gasteiger partial charge in [-0.2, -0.15) is 4.98 Å². The summed E-state index contributed by atoms with van der Waals surface area (Å²) in [4.78, 5) is 4.42. The van der Waals surface area contributed by atoms with Crippen molar-refractivity contribution in [3.8, 4) is 11.5 Å². The van der Waals surface area contributed by atoms with Gasteiger partial charge in [-0.05, 0) is 55.0 Å². The first-order chi connectivity index (χ1) is 9.45. The minimum absolute atomic E-state index is 0.355. The van der Waals surface area contributed by atoms with Gasteiger partial charge in [0.1, 0.15) is 5.54 Å². The Morgan fingerprint density at radius 2 is 2.20 bits per heavy atom. The molecule has 0 aliphatic heterocycles. The van der Waals surface area contributed by atoms with E-state index in [2.05, 4.69) is 32.7 Å². The summed E-state index contributed by atoms with van der Waals surface area (Å²) < 4.78 is 11.8. The summed E-state index contributed by atoms with van der Waals surface area (Å²) in [6, 6.07) is 5.98. The van der Waals surface area contributed by atoms with Crippen molar-refractivity contribution in [1.29, 1.82) is 0 Å². The normalized spacial score (nSPS) is 14.2. The van der Waals surface area contributed by atoms with Gasteiger partial charge in [0.2, 0.25) is 0 Å². The van der Waals surface area contributed by atoms with Crippen LogP contribution in [-0.4, -0.2) is 23.4 Å². The highest BCUT2D eigenvalue weighted by atomic mass is 127. The molecule has 108 valence electrons. The number of aryl methyl sites for hydroxylation is 1. The van der Waals surface area contributed by atoms with Gasteiger partial charge in [0, 0.05) is 10.2 Å². The zero-order valence-corrected chi connectivity index (χ0v) is 14.0. The van der Waals surface area contributed by atoms with Crippen molar-refractivity contribution in [2.24, 2.45) is 5.73 Å². The Labute approximate surface area is 132 Å². The molecule has 2 aromatic rings. The molecule has 2 N–H and O–H groups in total. The van der Waals surface area contributed by atoms with Crippen LogP contribution in [0.5, 0.6) is 0 Å². The molecule has 0 aliphatic rings. The molecule has 0 bridgehead atoms. The number of nitrogens with zero attached hydrogens (tertiary/aromatic N) is 2. The molecule has 0 fully saturated rings. The van der Waals surface area contributed by atoms with Crippen LogP contribution in [0.15, 0.2) is 22.7 Å². The lowest BCUT2D eigenvalue weighted by molar-refractivity contribution is 0.0962. The van der Waals surface area contributed by atoms with Gasteiger partial charge in [-0.25, -0.2) is 0 Å². The summed E-state index contributed by atoms with van der Waals surface area (Å²) in [6.45, 7) is 6.76. The van der Waals surface area contributed by atoms with Gasteiger partial charge < -0.3 is 15.0 Å². The molecule has 1 heterocycles. The van der Waals surface area contributed by atoms with E-state index in [1.54, 1.807) is 0 Å². The Hall–Kier alpha value is -0.990. The molecule has 0 radical (unpaired) electrons. The van der Waals surface area contributed by atoms with E-state index in [-0.39, 0.29) is 0 Å². The molecule has 1 aromatic heterocycles. The van der Waals surface area contributed by atoms with E-state index in [9.17, 15) is 0 Å². The van der Waals surface area contributed by atoms with Crippen molar-refractivity contribution < 1.29 is 9.26 Å². The van der Waals surface area contributed by atoms with Crippen LogP contribution >= 0.6 is 22.6 Å². The van der Waals surface area contributed by atoms with Crippen LogP contribution in [0.25, 0.3) is 11.5 Å². The number of aromatic nitrogens is 2. The zero-order valence-electron chi connectivity index (χ0n) is 11.8. The van der Waals surface area contributed by atoms with Gasteiger partial charge in [-0.3, -0.25) is 0 Å². The van der Waals surface area contributed by atoms with Crippen LogP contribution < -0.4 is 5.73 Å². The molecule has 2 rings (SSSR count). The number of nitrogens with two attached hydrogens (primary N) is 1. The van der Waals surface area contributed by atoms with E-state index < -0.39 is 5.54 Å². The fourth-order valence-electron chi connectivity index (χ4n) is 1.76. The fraction of sp³-hybridized carbons (Fsp3) is 0.429. The second-order valence-electron chi connectivity index (χ2n) is 4.91. The summed E-state index contributed by atoms with van der Waals surface area (Å²) >= 11 is 2.28. The maximum Gasteiger partial charge on any atom is 0.259 e. The second kappa shape index (κ2) is 6.19. The first kappa shape index (κ1) is 15.4. The van der Waals surface area contributed by atoms with E-state index >= 15 is 0 Å². The van der Waals surface area contributed by atoms with Crippen LogP contribution in [0.4, 0.5) is 0 Å². The molecular formula is C14H18IN3O2.